The van der Waals surface area contributed by atoms with Gasteiger partial charge < -0.3 is 14.6 Å². The fourth-order valence-corrected chi connectivity index (χ4v) is 2.60. The number of ether oxygens (including phenoxy) is 2. The summed E-state index contributed by atoms with van der Waals surface area (Å²) in [5, 5.41) is 13.1. The first kappa shape index (κ1) is 19.9. The van der Waals surface area contributed by atoms with Gasteiger partial charge in [-0.2, -0.15) is 5.10 Å². The molecule has 2 N–H and O–H groups in total. The Kier molecular flexibility index (Phi) is 6.84. The molecule has 0 fully saturated rings. The van der Waals surface area contributed by atoms with Crippen molar-refractivity contribution in [3.05, 3.63) is 89.5 Å². The van der Waals surface area contributed by atoms with E-state index in [-0.39, 0.29) is 5.56 Å². The van der Waals surface area contributed by atoms with Crippen LogP contribution in [-0.2, 0) is 6.61 Å². The molecule has 0 radical (unpaired) electrons. The number of hydrazone groups is 1. The van der Waals surface area contributed by atoms with Gasteiger partial charge in [-0.05, 0) is 60.5 Å². The second-order valence-electron chi connectivity index (χ2n) is 6.17. The Morgan fingerprint density at radius 1 is 1.00 bits per heavy atom. The Balaban J connectivity index is 1.65. The molecule has 0 aliphatic carbocycles. The number of benzene rings is 3. The number of hydrogen-bond donors (Lipinski definition) is 2. The van der Waals surface area contributed by atoms with Crippen molar-refractivity contribution < 1.29 is 19.4 Å². The molecule has 0 atom stereocenters. The monoisotopic (exact) mass is 390 g/mol. The van der Waals surface area contributed by atoms with E-state index in [0.29, 0.717) is 30.4 Å². The highest BCUT2D eigenvalue weighted by atomic mass is 16.5. The maximum atomic E-state index is 10.9. The van der Waals surface area contributed by atoms with E-state index in [2.05, 4.69) is 10.5 Å². The second-order valence-corrected chi connectivity index (χ2v) is 6.17. The van der Waals surface area contributed by atoms with Crippen LogP contribution in [0.3, 0.4) is 0 Å². The van der Waals surface area contributed by atoms with Crippen LogP contribution in [0.15, 0.2) is 77.9 Å². The first-order valence-corrected chi connectivity index (χ1v) is 9.21. The van der Waals surface area contributed by atoms with E-state index >= 15 is 0 Å². The third kappa shape index (κ3) is 5.84. The smallest absolute Gasteiger partial charge is 0.335 e. The Morgan fingerprint density at radius 3 is 2.45 bits per heavy atom. The molecule has 3 aromatic carbocycles. The Hall–Kier alpha value is -3.80. The number of nitrogens with zero attached hydrogens (tertiary/aromatic N) is 1. The van der Waals surface area contributed by atoms with Crippen LogP contribution in [0.2, 0.25) is 0 Å². The molecule has 0 aromatic heterocycles. The predicted molar refractivity (Wildman–Crippen MR) is 113 cm³/mol. The van der Waals surface area contributed by atoms with Crippen LogP contribution in [-0.4, -0.2) is 23.9 Å². The van der Waals surface area contributed by atoms with Gasteiger partial charge in [0, 0.05) is 0 Å². The lowest BCUT2D eigenvalue weighted by Crippen LogP contribution is -2.00. The lowest BCUT2D eigenvalue weighted by Gasteiger charge is -2.12. The van der Waals surface area contributed by atoms with Crippen LogP contribution < -0.4 is 14.9 Å². The van der Waals surface area contributed by atoms with Crippen molar-refractivity contribution in [2.75, 3.05) is 12.0 Å². The van der Waals surface area contributed by atoms with E-state index in [9.17, 15) is 4.79 Å². The zero-order valence-electron chi connectivity index (χ0n) is 16.0. The quantitative estimate of drug-likeness (QED) is 0.405. The Bertz CT molecular complexity index is 970. The molecule has 0 saturated heterocycles. The minimum absolute atomic E-state index is 0.229. The average molecular weight is 390 g/mol. The summed E-state index contributed by atoms with van der Waals surface area (Å²) in [6, 6.07) is 21.9. The Labute approximate surface area is 169 Å². The number of carboxylic acids is 1. The van der Waals surface area contributed by atoms with Gasteiger partial charge in [0.1, 0.15) is 6.61 Å². The fourth-order valence-electron chi connectivity index (χ4n) is 2.60. The van der Waals surface area contributed by atoms with E-state index in [1.54, 1.807) is 18.3 Å². The molecule has 0 spiro atoms. The van der Waals surface area contributed by atoms with Crippen LogP contribution in [0.25, 0.3) is 0 Å². The molecule has 0 bridgehead atoms. The number of nitrogens with one attached hydrogen (secondary N) is 1. The minimum atomic E-state index is -0.960. The first-order chi connectivity index (χ1) is 14.2. The minimum Gasteiger partial charge on any atom is -0.490 e. The summed E-state index contributed by atoms with van der Waals surface area (Å²) in [4.78, 5) is 10.9. The van der Waals surface area contributed by atoms with E-state index < -0.39 is 5.97 Å². The summed E-state index contributed by atoms with van der Waals surface area (Å²) in [5.74, 6) is 0.362. The second kappa shape index (κ2) is 9.94. The third-order valence-electron chi connectivity index (χ3n) is 4.04. The van der Waals surface area contributed by atoms with Gasteiger partial charge in [0.15, 0.2) is 11.5 Å². The molecule has 0 unspecified atom stereocenters. The number of hydrogen-bond acceptors (Lipinski definition) is 5. The standard InChI is InChI=1S/C23H22N2O4/c1-2-28-22-14-18(8-13-21(22)29-16-17-6-4-3-5-7-17)15-24-25-20-11-9-19(10-12-20)23(26)27/h3-15,25H,2,16H2,1H3,(H,26,27)/b24-15+. The number of aromatic carboxylic acids is 1. The number of carbonyl (C=O) groups is 1. The van der Waals surface area contributed by atoms with Crippen molar-refractivity contribution in [2.45, 2.75) is 13.5 Å². The topological polar surface area (TPSA) is 80.2 Å². The first-order valence-electron chi connectivity index (χ1n) is 9.21. The molecular weight excluding hydrogens is 368 g/mol. The van der Waals surface area contributed by atoms with Crippen molar-refractivity contribution in [2.24, 2.45) is 5.10 Å². The van der Waals surface area contributed by atoms with Gasteiger partial charge >= 0.3 is 5.97 Å². The van der Waals surface area contributed by atoms with Crippen molar-refractivity contribution in [3.63, 3.8) is 0 Å². The SMILES string of the molecule is CCOc1cc(/C=N/Nc2ccc(C(=O)O)cc2)ccc1OCc1ccccc1. The molecule has 6 nitrogen and oxygen atoms in total. The molecule has 3 rings (SSSR count). The summed E-state index contributed by atoms with van der Waals surface area (Å²) in [5.41, 5.74) is 5.72. The molecule has 0 aliphatic rings. The third-order valence-corrected chi connectivity index (χ3v) is 4.04. The highest BCUT2D eigenvalue weighted by Crippen LogP contribution is 2.29. The zero-order chi connectivity index (χ0) is 20.5. The van der Waals surface area contributed by atoms with E-state index in [0.717, 1.165) is 11.1 Å². The van der Waals surface area contributed by atoms with E-state index in [4.69, 9.17) is 14.6 Å². The van der Waals surface area contributed by atoms with Crippen molar-refractivity contribution in [1.82, 2.24) is 0 Å². The molecule has 3 aromatic rings. The van der Waals surface area contributed by atoms with E-state index in [1.807, 2.05) is 55.5 Å². The van der Waals surface area contributed by atoms with Crippen LogP contribution in [0.1, 0.15) is 28.4 Å². The lowest BCUT2D eigenvalue weighted by molar-refractivity contribution is 0.0697. The average Bonchev–Trinajstić information content (AvgIpc) is 2.74. The molecule has 6 heteroatoms. The summed E-state index contributed by atoms with van der Waals surface area (Å²) in [6.07, 6.45) is 1.66. The van der Waals surface area contributed by atoms with Crippen molar-refractivity contribution in [1.29, 1.82) is 0 Å². The van der Waals surface area contributed by atoms with Gasteiger partial charge in [0.2, 0.25) is 0 Å². The normalized spacial score (nSPS) is 10.7. The van der Waals surface area contributed by atoms with Crippen molar-refractivity contribution >= 4 is 17.9 Å². The van der Waals surface area contributed by atoms with Crippen LogP contribution in [0.5, 0.6) is 11.5 Å². The Morgan fingerprint density at radius 2 is 1.76 bits per heavy atom. The maximum Gasteiger partial charge on any atom is 0.335 e. The van der Waals surface area contributed by atoms with Gasteiger partial charge in [-0.3, -0.25) is 5.43 Å². The lowest BCUT2D eigenvalue weighted by atomic mass is 10.2. The highest BCUT2D eigenvalue weighted by Gasteiger charge is 2.06. The summed E-state index contributed by atoms with van der Waals surface area (Å²) >= 11 is 0. The van der Waals surface area contributed by atoms with E-state index in [1.165, 1.54) is 12.1 Å². The zero-order valence-corrected chi connectivity index (χ0v) is 16.0. The molecule has 0 aliphatic heterocycles. The summed E-state index contributed by atoms with van der Waals surface area (Å²) < 4.78 is 11.6. The predicted octanol–water partition coefficient (Wildman–Crippen LogP) is 4.81. The number of rotatable bonds is 9. The largest absolute Gasteiger partial charge is 0.490 e. The maximum absolute atomic E-state index is 10.9. The van der Waals surface area contributed by atoms with Gasteiger partial charge in [-0.25, -0.2) is 4.79 Å². The van der Waals surface area contributed by atoms with Crippen molar-refractivity contribution in [3.8, 4) is 11.5 Å². The highest BCUT2D eigenvalue weighted by molar-refractivity contribution is 5.88. The van der Waals surface area contributed by atoms with Crippen LogP contribution >= 0.6 is 0 Å². The molecule has 29 heavy (non-hydrogen) atoms. The fraction of sp³-hybridized carbons (Fsp3) is 0.130. The number of carboxylic acid groups (broad SMARTS) is 1. The number of anilines is 1. The van der Waals surface area contributed by atoms with Crippen LogP contribution in [0.4, 0.5) is 5.69 Å². The molecule has 0 heterocycles. The van der Waals surface area contributed by atoms with Crippen LogP contribution in [0, 0.1) is 0 Å². The van der Waals surface area contributed by atoms with Gasteiger partial charge in [0.05, 0.1) is 24.1 Å². The molecule has 0 amide bonds. The molecular formula is C23H22N2O4. The molecule has 0 saturated carbocycles. The van der Waals surface area contributed by atoms with Gasteiger partial charge in [-0.1, -0.05) is 30.3 Å². The summed E-state index contributed by atoms with van der Waals surface area (Å²) in [7, 11) is 0. The van der Waals surface area contributed by atoms with Gasteiger partial charge in [-0.15, -0.1) is 0 Å². The van der Waals surface area contributed by atoms with Gasteiger partial charge in [0.25, 0.3) is 0 Å². The summed E-state index contributed by atoms with van der Waals surface area (Å²) in [6.45, 7) is 2.91. The molecule has 148 valence electrons.